The van der Waals surface area contributed by atoms with Crippen molar-refractivity contribution in [2.75, 3.05) is 51.7 Å². The van der Waals surface area contributed by atoms with Crippen LogP contribution in [0.2, 0.25) is 0 Å². The molecule has 1 aromatic carbocycles. The molecule has 4 aliphatic rings. The number of amides is 1. The Balaban J connectivity index is 1.16. The molecule has 0 radical (unpaired) electrons. The smallest absolute Gasteiger partial charge is 0.255 e. The molecule has 3 unspecified atom stereocenters. The summed E-state index contributed by atoms with van der Waals surface area (Å²) >= 11 is 0. The number of ether oxygens (including phenoxy) is 2. The van der Waals surface area contributed by atoms with Gasteiger partial charge < -0.3 is 25.4 Å². The van der Waals surface area contributed by atoms with E-state index < -0.39 is 0 Å². The summed E-state index contributed by atoms with van der Waals surface area (Å²) in [6.07, 6.45) is 3.05. The molecule has 1 amide bonds. The zero-order chi connectivity index (χ0) is 19.3. The number of rotatable bonds is 5. The number of nitrogens with one attached hydrogen (secondary N) is 1. The molecule has 3 heterocycles. The molecule has 5 rings (SSSR count). The van der Waals surface area contributed by atoms with Gasteiger partial charge in [-0.05, 0) is 61.5 Å². The number of fused-ring (bicyclic) bond motifs is 2. The molecular weight excluding hydrogens is 354 g/mol. The van der Waals surface area contributed by atoms with Crippen molar-refractivity contribution in [2.45, 2.75) is 26.2 Å². The van der Waals surface area contributed by atoms with Gasteiger partial charge in [-0.3, -0.25) is 4.79 Å². The Kier molecular flexibility index (Phi) is 4.71. The number of anilines is 1. The average molecular weight is 386 g/mol. The number of nitrogen functional groups attached to an aromatic ring is 1. The van der Waals surface area contributed by atoms with Crippen molar-refractivity contribution in [3.63, 3.8) is 0 Å². The van der Waals surface area contributed by atoms with Crippen molar-refractivity contribution >= 4 is 11.6 Å². The van der Waals surface area contributed by atoms with Crippen molar-refractivity contribution in [1.29, 1.82) is 0 Å². The van der Waals surface area contributed by atoms with Crippen LogP contribution in [0.4, 0.5) is 5.69 Å². The van der Waals surface area contributed by atoms with Gasteiger partial charge in [0.2, 0.25) is 0 Å². The molecule has 2 saturated heterocycles. The van der Waals surface area contributed by atoms with Gasteiger partial charge in [0.25, 0.3) is 5.91 Å². The highest BCUT2D eigenvalue weighted by Crippen LogP contribution is 2.51. The van der Waals surface area contributed by atoms with Crippen LogP contribution >= 0.6 is 0 Å². The Labute approximate surface area is 166 Å². The lowest BCUT2D eigenvalue weighted by atomic mass is 9.96. The number of benzene rings is 1. The van der Waals surface area contributed by atoms with Gasteiger partial charge in [0.15, 0.2) is 0 Å². The Morgan fingerprint density at radius 3 is 2.89 bits per heavy atom. The first kappa shape index (κ1) is 18.3. The van der Waals surface area contributed by atoms with Gasteiger partial charge in [0, 0.05) is 44.0 Å². The van der Waals surface area contributed by atoms with E-state index in [0.717, 1.165) is 67.2 Å². The molecule has 3 fully saturated rings. The topological polar surface area (TPSA) is 76.8 Å². The minimum atomic E-state index is -0.0221. The van der Waals surface area contributed by atoms with Crippen LogP contribution < -0.4 is 15.8 Å². The first-order valence-electron chi connectivity index (χ1n) is 10.7. The van der Waals surface area contributed by atoms with Crippen molar-refractivity contribution < 1.29 is 14.3 Å². The lowest BCUT2D eigenvalue weighted by molar-refractivity contribution is 0.0943. The van der Waals surface area contributed by atoms with E-state index in [1.807, 2.05) is 13.0 Å². The number of hydrogen-bond donors (Lipinski definition) is 2. The fourth-order valence-electron chi connectivity index (χ4n) is 5.47. The number of carbonyl (C=O) groups is 1. The van der Waals surface area contributed by atoms with Crippen LogP contribution in [0.3, 0.4) is 0 Å². The highest BCUT2D eigenvalue weighted by atomic mass is 16.5. The van der Waals surface area contributed by atoms with Gasteiger partial charge in [-0.15, -0.1) is 0 Å². The Bertz CT molecular complexity index is 763. The third kappa shape index (κ3) is 3.26. The van der Waals surface area contributed by atoms with Crippen LogP contribution in [-0.4, -0.2) is 56.8 Å². The van der Waals surface area contributed by atoms with Crippen LogP contribution in [0.1, 0.15) is 34.3 Å². The summed E-state index contributed by atoms with van der Waals surface area (Å²) in [5, 5.41) is 3.18. The van der Waals surface area contributed by atoms with Crippen molar-refractivity contribution in [3.8, 4) is 5.75 Å². The summed E-state index contributed by atoms with van der Waals surface area (Å²) in [5.41, 5.74) is 9.60. The lowest BCUT2D eigenvalue weighted by Crippen LogP contribution is -2.33. The molecule has 0 bridgehead atoms. The summed E-state index contributed by atoms with van der Waals surface area (Å²) in [5.74, 6) is 3.53. The van der Waals surface area contributed by atoms with Crippen LogP contribution in [0.25, 0.3) is 0 Å². The number of aryl methyl sites for hydroxylation is 1. The molecule has 152 valence electrons. The van der Waals surface area contributed by atoms with Gasteiger partial charge in [0.1, 0.15) is 5.75 Å². The van der Waals surface area contributed by atoms with E-state index in [1.54, 1.807) is 0 Å². The minimum absolute atomic E-state index is 0.0221. The number of likely N-dealkylation sites (tertiary alicyclic amines) is 1. The first-order chi connectivity index (χ1) is 13.6. The van der Waals surface area contributed by atoms with Crippen LogP contribution in [0.15, 0.2) is 6.07 Å². The average Bonchev–Trinajstić information content (AvgIpc) is 3.08. The molecule has 3 atom stereocenters. The molecule has 1 aromatic rings. The fourth-order valence-corrected chi connectivity index (χ4v) is 5.47. The second-order valence-electron chi connectivity index (χ2n) is 9.06. The van der Waals surface area contributed by atoms with E-state index in [0.29, 0.717) is 23.8 Å². The van der Waals surface area contributed by atoms with Crippen LogP contribution in [-0.2, 0) is 11.2 Å². The van der Waals surface area contributed by atoms with E-state index in [-0.39, 0.29) is 5.91 Å². The second kappa shape index (κ2) is 7.23. The van der Waals surface area contributed by atoms with Gasteiger partial charge in [-0.25, -0.2) is 0 Å². The standard InChI is InChI=1S/C22H31N3O3/c1-13-7-16(21-15(20(13)23)3-2-5-28-21)22(26)24-8-17-18-10-25(11-19(17)18)9-14-4-6-27-12-14/h7,14,17-19H,2-6,8-12,23H2,1H3,(H,24,26). The highest BCUT2D eigenvalue weighted by molar-refractivity contribution is 5.98. The van der Waals surface area contributed by atoms with Gasteiger partial charge in [-0.1, -0.05) is 0 Å². The molecule has 3 aliphatic heterocycles. The maximum Gasteiger partial charge on any atom is 0.255 e. The monoisotopic (exact) mass is 385 g/mol. The zero-order valence-corrected chi connectivity index (χ0v) is 16.7. The van der Waals surface area contributed by atoms with Gasteiger partial charge in [-0.2, -0.15) is 0 Å². The largest absolute Gasteiger partial charge is 0.492 e. The molecule has 3 N–H and O–H groups in total. The quantitative estimate of drug-likeness (QED) is 0.757. The Morgan fingerprint density at radius 1 is 1.32 bits per heavy atom. The van der Waals surface area contributed by atoms with Crippen LogP contribution in [0, 0.1) is 30.6 Å². The predicted octanol–water partition coefficient (Wildman–Crippen LogP) is 1.85. The maximum atomic E-state index is 12.9. The SMILES string of the molecule is Cc1cc(C(=O)NCC2C3CN(CC4CCOC4)CC23)c2c(c1N)CCCO2. The molecule has 6 heteroatoms. The zero-order valence-electron chi connectivity index (χ0n) is 16.7. The number of nitrogens with two attached hydrogens (primary N) is 1. The van der Waals surface area contributed by atoms with Gasteiger partial charge >= 0.3 is 0 Å². The van der Waals surface area contributed by atoms with E-state index >= 15 is 0 Å². The summed E-state index contributed by atoms with van der Waals surface area (Å²) in [7, 11) is 0. The maximum absolute atomic E-state index is 12.9. The second-order valence-corrected chi connectivity index (χ2v) is 9.06. The predicted molar refractivity (Wildman–Crippen MR) is 108 cm³/mol. The van der Waals surface area contributed by atoms with Crippen molar-refractivity contribution in [1.82, 2.24) is 10.2 Å². The van der Waals surface area contributed by atoms with E-state index in [2.05, 4.69) is 10.2 Å². The highest BCUT2D eigenvalue weighted by Gasteiger charge is 2.55. The molecule has 0 aromatic heterocycles. The van der Waals surface area contributed by atoms with E-state index in [9.17, 15) is 4.79 Å². The Hall–Kier alpha value is -1.79. The number of piperidine rings is 1. The third-order valence-electron chi connectivity index (χ3n) is 7.18. The summed E-state index contributed by atoms with van der Waals surface area (Å²) in [6, 6.07) is 1.88. The summed E-state index contributed by atoms with van der Waals surface area (Å²) in [4.78, 5) is 15.5. The molecule has 6 nitrogen and oxygen atoms in total. The van der Waals surface area contributed by atoms with E-state index in [4.69, 9.17) is 15.2 Å². The molecule has 0 spiro atoms. The lowest BCUT2D eigenvalue weighted by Gasteiger charge is -2.24. The van der Waals surface area contributed by atoms with Gasteiger partial charge in [0.05, 0.1) is 18.8 Å². The first-order valence-corrected chi connectivity index (χ1v) is 10.7. The van der Waals surface area contributed by atoms with E-state index in [1.165, 1.54) is 26.1 Å². The number of nitrogens with zero attached hydrogens (tertiary/aromatic N) is 1. The Morgan fingerprint density at radius 2 is 2.14 bits per heavy atom. The molecule has 28 heavy (non-hydrogen) atoms. The van der Waals surface area contributed by atoms with Crippen molar-refractivity contribution in [2.24, 2.45) is 23.7 Å². The fraction of sp³-hybridized carbons (Fsp3) is 0.682. The van der Waals surface area contributed by atoms with Crippen molar-refractivity contribution in [3.05, 3.63) is 22.8 Å². The molecule has 1 saturated carbocycles. The number of hydrogen-bond acceptors (Lipinski definition) is 5. The normalized spacial score (nSPS) is 31.2. The number of carbonyl (C=O) groups excluding carboxylic acids is 1. The minimum Gasteiger partial charge on any atom is -0.492 e. The molecular formula is C22H31N3O3. The summed E-state index contributed by atoms with van der Waals surface area (Å²) < 4.78 is 11.3. The van der Waals surface area contributed by atoms with Crippen LogP contribution in [0.5, 0.6) is 5.75 Å². The summed E-state index contributed by atoms with van der Waals surface area (Å²) in [6.45, 7) is 8.80. The third-order valence-corrected chi connectivity index (χ3v) is 7.18. The molecule has 1 aliphatic carbocycles.